The van der Waals surface area contributed by atoms with Gasteiger partial charge in [0.2, 0.25) is 0 Å². The van der Waals surface area contributed by atoms with Crippen molar-refractivity contribution in [3.63, 3.8) is 0 Å². The molecule has 0 aromatic carbocycles. The molecule has 4 nitrogen and oxygen atoms in total. The molecule has 1 aromatic heterocycles. The van der Waals surface area contributed by atoms with Crippen LogP contribution in [0.15, 0.2) is 5.38 Å². The Kier molecular flexibility index (Phi) is 6.17. The molecule has 0 amide bonds. The molecule has 1 aliphatic heterocycles. The Balaban J connectivity index is 2.15. The van der Waals surface area contributed by atoms with Gasteiger partial charge in [-0.05, 0) is 46.6 Å². The minimum absolute atomic E-state index is 0.0289. The molecule has 2 rings (SSSR count). The van der Waals surface area contributed by atoms with Crippen molar-refractivity contribution in [2.24, 2.45) is 0 Å². The quantitative estimate of drug-likeness (QED) is 0.820. The van der Waals surface area contributed by atoms with Crippen LogP contribution in [0.25, 0.3) is 0 Å². The molecule has 0 bridgehead atoms. The van der Waals surface area contributed by atoms with E-state index in [1.165, 1.54) is 18.0 Å². The fraction of sp³-hybridized carbons (Fsp3) is 0.812. The second-order valence-corrected chi connectivity index (χ2v) is 7.14. The molecule has 1 aliphatic rings. The molecule has 1 saturated heterocycles. The van der Waals surface area contributed by atoms with E-state index in [4.69, 9.17) is 9.72 Å². The van der Waals surface area contributed by atoms with Gasteiger partial charge in [0.25, 0.3) is 0 Å². The van der Waals surface area contributed by atoms with Gasteiger partial charge in [0.1, 0.15) is 5.01 Å². The Morgan fingerprint density at radius 3 is 2.86 bits per heavy atom. The lowest BCUT2D eigenvalue weighted by atomic mass is 9.91. The summed E-state index contributed by atoms with van der Waals surface area (Å²) in [5, 5.41) is 7.18. The molecule has 1 aromatic rings. The molecule has 1 atom stereocenters. The second kappa shape index (κ2) is 7.68. The highest BCUT2D eigenvalue weighted by atomic mass is 32.1. The molecule has 1 N–H and O–H groups in total. The number of likely N-dealkylation sites (tertiary alicyclic amines) is 1. The van der Waals surface area contributed by atoms with E-state index < -0.39 is 0 Å². The number of thiazole rings is 1. The monoisotopic (exact) mass is 311 g/mol. The van der Waals surface area contributed by atoms with Crippen molar-refractivity contribution in [3.8, 4) is 0 Å². The van der Waals surface area contributed by atoms with E-state index in [1.54, 1.807) is 18.4 Å². The summed E-state index contributed by atoms with van der Waals surface area (Å²) in [7, 11) is 1.76. The maximum atomic E-state index is 5.22. The Labute approximate surface area is 132 Å². The normalized spacial score (nSPS) is 24.4. The van der Waals surface area contributed by atoms with E-state index >= 15 is 0 Å². The average Bonchev–Trinajstić information content (AvgIpc) is 2.77. The number of rotatable bonds is 6. The highest BCUT2D eigenvalue weighted by Gasteiger charge is 2.36. The molecular formula is C16H29N3OS. The molecule has 2 heterocycles. The second-order valence-electron chi connectivity index (χ2n) is 6.28. The van der Waals surface area contributed by atoms with Crippen LogP contribution in [0.3, 0.4) is 0 Å². The van der Waals surface area contributed by atoms with E-state index in [9.17, 15) is 0 Å². The van der Waals surface area contributed by atoms with Gasteiger partial charge in [0.05, 0.1) is 12.1 Å². The summed E-state index contributed by atoms with van der Waals surface area (Å²) < 4.78 is 5.22. The molecule has 0 spiro atoms. The number of hydrogen-bond acceptors (Lipinski definition) is 5. The van der Waals surface area contributed by atoms with Crippen LogP contribution in [-0.2, 0) is 10.3 Å². The van der Waals surface area contributed by atoms with Crippen LogP contribution in [0.1, 0.15) is 43.8 Å². The summed E-state index contributed by atoms with van der Waals surface area (Å²) in [5.41, 5.74) is 1.16. The fourth-order valence-electron chi connectivity index (χ4n) is 3.10. The third kappa shape index (κ3) is 4.25. The van der Waals surface area contributed by atoms with Gasteiger partial charge >= 0.3 is 0 Å². The van der Waals surface area contributed by atoms with E-state index in [2.05, 4.69) is 36.4 Å². The van der Waals surface area contributed by atoms with Crippen molar-refractivity contribution in [1.29, 1.82) is 0 Å². The maximum Gasteiger partial charge on any atom is 0.113 e. The SMILES string of the molecule is COCCNC1(c2nc(C)cs2)CCCN(C(C)C)CC1. The smallest absolute Gasteiger partial charge is 0.113 e. The number of ether oxygens (including phenoxy) is 1. The van der Waals surface area contributed by atoms with Gasteiger partial charge in [-0.1, -0.05) is 0 Å². The number of aromatic nitrogens is 1. The van der Waals surface area contributed by atoms with Crippen molar-refractivity contribution >= 4 is 11.3 Å². The molecular weight excluding hydrogens is 282 g/mol. The number of nitrogens with zero attached hydrogens (tertiary/aromatic N) is 2. The van der Waals surface area contributed by atoms with Crippen molar-refractivity contribution in [2.45, 2.75) is 51.6 Å². The molecule has 0 aliphatic carbocycles. The van der Waals surface area contributed by atoms with Crippen LogP contribution >= 0.6 is 11.3 Å². The van der Waals surface area contributed by atoms with Gasteiger partial charge in [0, 0.05) is 37.3 Å². The fourth-order valence-corrected chi connectivity index (χ4v) is 4.14. The van der Waals surface area contributed by atoms with Crippen LogP contribution in [0.5, 0.6) is 0 Å². The number of nitrogens with one attached hydrogen (secondary N) is 1. The zero-order valence-corrected chi connectivity index (χ0v) is 14.6. The van der Waals surface area contributed by atoms with Crippen molar-refractivity contribution < 1.29 is 4.74 Å². The van der Waals surface area contributed by atoms with E-state index in [-0.39, 0.29) is 5.54 Å². The van der Waals surface area contributed by atoms with E-state index in [0.717, 1.165) is 38.2 Å². The summed E-state index contributed by atoms with van der Waals surface area (Å²) in [4.78, 5) is 7.38. The molecule has 1 unspecified atom stereocenters. The highest BCUT2D eigenvalue weighted by Crippen LogP contribution is 2.35. The largest absolute Gasteiger partial charge is 0.383 e. The number of aryl methyl sites for hydroxylation is 1. The molecule has 0 saturated carbocycles. The zero-order valence-electron chi connectivity index (χ0n) is 13.8. The topological polar surface area (TPSA) is 37.4 Å². The van der Waals surface area contributed by atoms with Crippen LogP contribution < -0.4 is 5.32 Å². The summed E-state index contributed by atoms with van der Waals surface area (Å²) in [6.45, 7) is 10.6. The predicted molar refractivity (Wildman–Crippen MR) is 89.0 cm³/mol. The van der Waals surface area contributed by atoms with E-state index in [1.807, 2.05) is 0 Å². The molecule has 120 valence electrons. The third-order valence-electron chi connectivity index (χ3n) is 4.40. The van der Waals surface area contributed by atoms with Crippen LogP contribution in [0, 0.1) is 6.92 Å². The Hall–Kier alpha value is -0.490. The van der Waals surface area contributed by atoms with Gasteiger partial charge in [-0.2, -0.15) is 0 Å². The first-order valence-electron chi connectivity index (χ1n) is 7.98. The molecule has 5 heteroatoms. The molecule has 21 heavy (non-hydrogen) atoms. The van der Waals surface area contributed by atoms with Gasteiger partial charge in [-0.25, -0.2) is 4.98 Å². The van der Waals surface area contributed by atoms with Crippen LogP contribution in [0.4, 0.5) is 0 Å². The highest BCUT2D eigenvalue weighted by molar-refractivity contribution is 7.09. The molecule has 1 fully saturated rings. The van der Waals surface area contributed by atoms with Gasteiger partial charge in [-0.15, -0.1) is 11.3 Å². The van der Waals surface area contributed by atoms with Gasteiger partial charge < -0.3 is 15.0 Å². The maximum absolute atomic E-state index is 5.22. The Morgan fingerprint density at radius 1 is 1.43 bits per heavy atom. The summed E-state index contributed by atoms with van der Waals surface area (Å²) in [6.07, 6.45) is 3.51. The van der Waals surface area contributed by atoms with Crippen molar-refractivity contribution in [2.75, 3.05) is 33.4 Å². The lowest BCUT2D eigenvalue weighted by Crippen LogP contribution is -2.45. The number of hydrogen-bond donors (Lipinski definition) is 1. The van der Waals surface area contributed by atoms with Gasteiger partial charge in [-0.3, -0.25) is 0 Å². The Bertz CT molecular complexity index is 435. The van der Waals surface area contributed by atoms with Crippen molar-refractivity contribution in [1.82, 2.24) is 15.2 Å². The minimum Gasteiger partial charge on any atom is -0.383 e. The van der Waals surface area contributed by atoms with Gasteiger partial charge in [0.15, 0.2) is 0 Å². The third-order valence-corrected chi connectivity index (χ3v) is 5.57. The van der Waals surface area contributed by atoms with Crippen molar-refractivity contribution in [3.05, 3.63) is 16.1 Å². The minimum atomic E-state index is 0.0289. The zero-order chi connectivity index (χ0) is 15.3. The Morgan fingerprint density at radius 2 is 2.24 bits per heavy atom. The summed E-state index contributed by atoms with van der Waals surface area (Å²) in [5.74, 6) is 0. The summed E-state index contributed by atoms with van der Waals surface area (Å²) in [6, 6.07) is 0.623. The number of methoxy groups -OCH3 is 1. The lowest BCUT2D eigenvalue weighted by molar-refractivity contribution is 0.174. The first-order valence-corrected chi connectivity index (χ1v) is 8.86. The lowest BCUT2D eigenvalue weighted by Gasteiger charge is -2.32. The van der Waals surface area contributed by atoms with Crippen LogP contribution in [0.2, 0.25) is 0 Å². The summed E-state index contributed by atoms with van der Waals surface area (Å²) >= 11 is 1.80. The first-order chi connectivity index (χ1) is 10.1. The predicted octanol–water partition coefficient (Wildman–Crippen LogP) is 2.78. The first kappa shape index (κ1) is 16.9. The average molecular weight is 311 g/mol. The van der Waals surface area contributed by atoms with Crippen LogP contribution in [-0.4, -0.2) is 49.3 Å². The standard InChI is InChI=1S/C16H29N3OS/c1-13(2)19-9-5-6-16(7-10-19,17-8-11-20-4)15-18-14(3)12-21-15/h12-13,17H,5-11H2,1-4H3. The van der Waals surface area contributed by atoms with E-state index in [0.29, 0.717) is 6.04 Å². The molecule has 0 radical (unpaired) electrons.